The van der Waals surface area contributed by atoms with Gasteiger partial charge in [-0.1, -0.05) is 41.9 Å². The number of thiocarbonyl (C=S) groups is 1. The zero-order valence-corrected chi connectivity index (χ0v) is 14.3. The van der Waals surface area contributed by atoms with Crippen LogP contribution in [0.15, 0.2) is 54.1 Å². The molecule has 6 heteroatoms. The van der Waals surface area contributed by atoms with Crippen molar-refractivity contribution in [2.24, 2.45) is 0 Å². The fourth-order valence-electron chi connectivity index (χ4n) is 2.41. The molecule has 0 saturated carbocycles. The van der Waals surface area contributed by atoms with Gasteiger partial charge in [-0.05, 0) is 54.5 Å². The van der Waals surface area contributed by atoms with E-state index in [1.54, 1.807) is 30.3 Å². The summed E-state index contributed by atoms with van der Waals surface area (Å²) in [6.45, 7) is 1.91. The summed E-state index contributed by atoms with van der Waals surface area (Å²) in [5, 5.41) is 3.07. The third kappa shape index (κ3) is 3.09. The van der Waals surface area contributed by atoms with E-state index in [-0.39, 0.29) is 10.7 Å². The predicted molar refractivity (Wildman–Crippen MR) is 98.8 cm³/mol. The highest BCUT2D eigenvalue weighted by molar-refractivity contribution is 7.80. The lowest BCUT2D eigenvalue weighted by atomic mass is 10.0. The number of anilines is 1. The Labute approximate surface area is 149 Å². The van der Waals surface area contributed by atoms with Crippen molar-refractivity contribution < 1.29 is 9.59 Å². The topological polar surface area (TPSA) is 49.4 Å². The molecule has 0 aromatic heterocycles. The largest absolute Gasteiger partial charge is 0.298 e. The Morgan fingerprint density at radius 2 is 1.88 bits per heavy atom. The molecule has 0 bridgehead atoms. The second-order valence-electron chi connectivity index (χ2n) is 5.29. The molecule has 0 atom stereocenters. The normalized spacial score (nSPS) is 16.5. The molecule has 0 radical (unpaired) electrons. The van der Waals surface area contributed by atoms with Crippen molar-refractivity contribution >= 4 is 52.5 Å². The highest BCUT2D eigenvalue weighted by Crippen LogP contribution is 2.25. The highest BCUT2D eigenvalue weighted by atomic mass is 35.5. The third-order valence-corrected chi connectivity index (χ3v) is 4.18. The molecule has 1 heterocycles. The predicted octanol–water partition coefficient (Wildman–Crippen LogP) is 3.48. The Bertz CT molecular complexity index is 892. The van der Waals surface area contributed by atoms with Gasteiger partial charge in [0.25, 0.3) is 11.8 Å². The van der Waals surface area contributed by atoms with Crippen LogP contribution in [0.4, 0.5) is 5.69 Å². The van der Waals surface area contributed by atoms with Gasteiger partial charge in [-0.25, -0.2) is 0 Å². The zero-order valence-electron chi connectivity index (χ0n) is 12.7. The molecule has 3 rings (SSSR count). The number of carbonyl (C=O) groups excluding carboxylic acids is 2. The monoisotopic (exact) mass is 356 g/mol. The van der Waals surface area contributed by atoms with Gasteiger partial charge in [0.2, 0.25) is 0 Å². The fourth-order valence-corrected chi connectivity index (χ4v) is 2.88. The van der Waals surface area contributed by atoms with Gasteiger partial charge in [-0.15, -0.1) is 0 Å². The van der Waals surface area contributed by atoms with Crippen LogP contribution in [0.25, 0.3) is 6.08 Å². The molecule has 0 unspecified atom stereocenters. The van der Waals surface area contributed by atoms with Gasteiger partial charge < -0.3 is 0 Å². The lowest BCUT2D eigenvalue weighted by molar-refractivity contribution is -0.122. The van der Waals surface area contributed by atoms with Crippen molar-refractivity contribution in [1.82, 2.24) is 5.32 Å². The molecule has 1 fully saturated rings. The zero-order chi connectivity index (χ0) is 17.3. The summed E-state index contributed by atoms with van der Waals surface area (Å²) >= 11 is 11.1. The molecule has 0 aliphatic carbocycles. The minimum atomic E-state index is -0.508. The molecule has 2 amide bonds. The average Bonchev–Trinajstić information content (AvgIpc) is 2.53. The number of amides is 2. The van der Waals surface area contributed by atoms with Gasteiger partial charge in [-0.3, -0.25) is 19.8 Å². The van der Waals surface area contributed by atoms with Crippen LogP contribution in [-0.4, -0.2) is 16.9 Å². The Morgan fingerprint density at radius 3 is 2.58 bits per heavy atom. The average molecular weight is 357 g/mol. The summed E-state index contributed by atoms with van der Waals surface area (Å²) in [6.07, 6.45) is 1.58. The first kappa shape index (κ1) is 16.4. The van der Waals surface area contributed by atoms with Crippen molar-refractivity contribution in [2.45, 2.75) is 6.92 Å². The number of nitrogens with zero attached hydrogens (tertiary/aromatic N) is 1. The van der Waals surface area contributed by atoms with Gasteiger partial charge in [0.05, 0.1) is 5.69 Å². The Morgan fingerprint density at radius 1 is 1.12 bits per heavy atom. The molecular weight excluding hydrogens is 344 g/mol. The first-order chi connectivity index (χ1) is 11.5. The van der Waals surface area contributed by atoms with Crippen LogP contribution in [0.2, 0.25) is 5.02 Å². The number of nitrogens with one attached hydrogen (secondary N) is 1. The van der Waals surface area contributed by atoms with E-state index >= 15 is 0 Å². The number of benzene rings is 2. The SMILES string of the molecule is Cc1ccccc1/C=C1\C(=O)NC(=S)N(c2cccc(Cl)c2)C1=O. The minimum absolute atomic E-state index is 0.0258. The molecule has 0 spiro atoms. The maximum atomic E-state index is 12.8. The summed E-state index contributed by atoms with van der Waals surface area (Å²) in [7, 11) is 0. The van der Waals surface area contributed by atoms with E-state index in [1.165, 1.54) is 4.90 Å². The Kier molecular flexibility index (Phi) is 4.46. The number of hydrogen-bond acceptors (Lipinski definition) is 3. The maximum absolute atomic E-state index is 12.8. The van der Waals surface area contributed by atoms with Crippen LogP contribution in [0.3, 0.4) is 0 Å². The van der Waals surface area contributed by atoms with Crippen LogP contribution in [0.5, 0.6) is 0 Å². The third-order valence-electron chi connectivity index (χ3n) is 3.66. The molecule has 120 valence electrons. The van der Waals surface area contributed by atoms with Crippen molar-refractivity contribution in [2.75, 3.05) is 4.90 Å². The van der Waals surface area contributed by atoms with E-state index in [0.717, 1.165) is 11.1 Å². The van der Waals surface area contributed by atoms with Crippen molar-refractivity contribution in [3.63, 3.8) is 0 Å². The van der Waals surface area contributed by atoms with E-state index in [2.05, 4.69) is 5.32 Å². The van der Waals surface area contributed by atoms with E-state index < -0.39 is 11.8 Å². The molecular formula is C18H13ClN2O2S. The van der Waals surface area contributed by atoms with Crippen LogP contribution in [-0.2, 0) is 9.59 Å². The number of halogens is 1. The van der Waals surface area contributed by atoms with Crippen molar-refractivity contribution in [1.29, 1.82) is 0 Å². The number of rotatable bonds is 2. The van der Waals surface area contributed by atoms with Crippen LogP contribution < -0.4 is 10.2 Å². The molecule has 4 nitrogen and oxygen atoms in total. The van der Waals surface area contributed by atoms with Gasteiger partial charge in [-0.2, -0.15) is 0 Å². The molecule has 1 saturated heterocycles. The lowest BCUT2D eigenvalue weighted by Crippen LogP contribution is -2.54. The second-order valence-corrected chi connectivity index (χ2v) is 6.12. The highest BCUT2D eigenvalue weighted by Gasteiger charge is 2.34. The summed E-state index contributed by atoms with van der Waals surface area (Å²) in [5.41, 5.74) is 2.30. The van der Waals surface area contributed by atoms with E-state index in [0.29, 0.717) is 10.7 Å². The van der Waals surface area contributed by atoms with E-state index in [4.69, 9.17) is 23.8 Å². The van der Waals surface area contributed by atoms with Gasteiger partial charge in [0.1, 0.15) is 5.57 Å². The second kappa shape index (κ2) is 6.55. The number of carbonyl (C=O) groups is 2. The summed E-state index contributed by atoms with van der Waals surface area (Å²) in [5.74, 6) is -0.985. The fraction of sp³-hybridized carbons (Fsp3) is 0.0556. The number of hydrogen-bond donors (Lipinski definition) is 1. The molecule has 2 aromatic carbocycles. The van der Waals surface area contributed by atoms with Crippen molar-refractivity contribution in [3.8, 4) is 0 Å². The maximum Gasteiger partial charge on any atom is 0.270 e. The summed E-state index contributed by atoms with van der Waals surface area (Å²) < 4.78 is 0. The van der Waals surface area contributed by atoms with Gasteiger partial charge in [0, 0.05) is 5.02 Å². The van der Waals surface area contributed by atoms with Gasteiger partial charge >= 0.3 is 0 Å². The standard InChI is InChI=1S/C18H13ClN2O2S/c1-11-5-2-3-6-12(11)9-15-16(22)20-18(24)21(17(15)23)14-8-4-7-13(19)10-14/h2-10H,1H3,(H,20,22,24)/b15-9+. The Balaban J connectivity index is 2.05. The van der Waals surface area contributed by atoms with Crippen LogP contribution >= 0.6 is 23.8 Å². The Hall–Kier alpha value is -2.50. The van der Waals surface area contributed by atoms with Crippen LogP contribution in [0.1, 0.15) is 11.1 Å². The van der Waals surface area contributed by atoms with E-state index in [9.17, 15) is 9.59 Å². The smallest absolute Gasteiger partial charge is 0.270 e. The quantitative estimate of drug-likeness (QED) is 0.509. The molecule has 1 aliphatic rings. The molecule has 1 N–H and O–H groups in total. The summed E-state index contributed by atoms with van der Waals surface area (Å²) in [4.78, 5) is 26.3. The summed E-state index contributed by atoms with van der Waals surface area (Å²) in [6, 6.07) is 14.3. The van der Waals surface area contributed by atoms with Gasteiger partial charge in [0.15, 0.2) is 5.11 Å². The van der Waals surface area contributed by atoms with E-state index in [1.807, 2.05) is 31.2 Å². The number of aryl methyl sites for hydroxylation is 1. The van der Waals surface area contributed by atoms with Crippen molar-refractivity contribution in [3.05, 3.63) is 70.3 Å². The first-order valence-electron chi connectivity index (χ1n) is 7.20. The molecule has 2 aromatic rings. The lowest BCUT2D eigenvalue weighted by Gasteiger charge is -2.29. The first-order valence-corrected chi connectivity index (χ1v) is 7.98. The minimum Gasteiger partial charge on any atom is -0.298 e. The molecule has 1 aliphatic heterocycles. The molecule has 24 heavy (non-hydrogen) atoms. The van der Waals surface area contributed by atoms with Crippen LogP contribution in [0, 0.1) is 6.92 Å².